The highest BCUT2D eigenvalue weighted by molar-refractivity contribution is 7.99. The van der Waals surface area contributed by atoms with Gasteiger partial charge in [0.2, 0.25) is 5.91 Å². The molecule has 0 saturated carbocycles. The van der Waals surface area contributed by atoms with E-state index in [4.69, 9.17) is 4.74 Å². The lowest BCUT2D eigenvalue weighted by molar-refractivity contribution is -0.115. The van der Waals surface area contributed by atoms with E-state index in [1.54, 1.807) is 4.90 Å². The Bertz CT molecular complexity index is 1410. The SMILES string of the molecule is CSCC(=O)N(C)c1cc(C)cc(COc2cc3c(cc2C)C(=O)N2Cc4ccccc4[C@H]2C(C)N3C)c1. The van der Waals surface area contributed by atoms with Crippen molar-refractivity contribution in [2.45, 2.75) is 46.0 Å². The van der Waals surface area contributed by atoms with Gasteiger partial charge in [-0.15, -0.1) is 0 Å². The molecule has 0 bridgehead atoms. The second-order valence-corrected chi connectivity index (χ2v) is 11.3. The molecule has 2 heterocycles. The zero-order valence-electron chi connectivity index (χ0n) is 22.9. The monoisotopic (exact) mass is 529 g/mol. The molecule has 0 aromatic heterocycles. The molecule has 0 N–H and O–H groups in total. The molecular formula is C31H35N3O3S. The van der Waals surface area contributed by atoms with Gasteiger partial charge < -0.3 is 19.4 Å². The Kier molecular flexibility index (Phi) is 7.14. The summed E-state index contributed by atoms with van der Waals surface area (Å²) in [4.78, 5) is 32.1. The van der Waals surface area contributed by atoms with E-state index in [-0.39, 0.29) is 23.9 Å². The molecule has 3 aromatic rings. The van der Waals surface area contributed by atoms with Gasteiger partial charge in [0.1, 0.15) is 12.4 Å². The van der Waals surface area contributed by atoms with Crippen molar-refractivity contribution in [2.75, 3.05) is 35.9 Å². The number of amides is 2. The first-order valence-electron chi connectivity index (χ1n) is 12.9. The van der Waals surface area contributed by atoms with Crippen molar-refractivity contribution in [1.29, 1.82) is 0 Å². The molecule has 0 aliphatic carbocycles. The maximum atomic E-state index is 13.8. The van der Waals surface area contributed by atoms with Crippen LogP contribution in [0.15, 0.2) is 54.6 Å². The fourth-order valence-electron chi connectivity index (χ4n) is 5.66. The zero-order valence-corrected chi connectivity index (χ0v) is 23.8. The van der Waals surface area contributed by atoms with E-state index in [0.717, 1.165) is 33.8 Å². The Morgan fingerprint density at radius 3 is 2.66 bits per heavy atom. The Morgan fingerprint density at radius 1 is 1.13 bits per heavy atom. The zero-order chi connectivity index (χ0) is 27.1. The molecule has 2 amide bonds. The average Bonchev–Trinajstić information content (AvgIpc) is 3.27. The molecular weight excluding hydrogens is 494 g/mol. The number of thioether (sulfide) groups is 1. The molecule has 0 radical (unpaired) electrons. The largest absolute Gasteiger partial charge is 0.489 e. The number of hydrogen-bond acceptors (Lipinski definition) is 5. The van der Waals surface area contributed by atoms with Gasteiger partial charge in [-0.2, -0.15) is 11.8 Å². The van der Waals surface area contributed by atoms with Crippen molar-refractivity contribution < 1.29 is 14.3 Å². The van der Waals surface area contributed by atoms with E-state index < -0.39 is 0 Å². The summed E-state index contributed by atoms with van der Waals surface area (Å²) in [7, 11) is 3.88. The third-order valence-electron chi connectivity index (χ3n) is 7.83. The van der Waals surface area contributed by atoms with Gasteiger partial charge >= 0.3 is 0 Å². The van der Waals surface area contributed by atoms with Gasteiger partial charge in [-0.3, -0.25) is 9.59 Å². The van der Waals surface area contributed by atoms with Crippen LogP contribution in [0.5, 0.6) is 5.75 Å². The third-order valence-corrected chi connectivity index (χ3v) is 8.36. The van der Waals surface area contributed by atoms with Crippen molar-refractivity contribution in [3.63, 3.8) is 0 Å². The minimum absolute atomic E-state index is 0.0114. The molecule has 7 heteroatoms. The van der Waals surface area contributed by atoms with Gasteiger partial charge in [0.15, 0.2) is 0 Å². The number of benzene rings is 3. The standard InChI is InChI=1S/C31H35N3O3S/c1-19-11-22(14-24(12-19)33(5)29(35)18-38-6)17-37-28-15-27-26(13-20(28)2)31(36)34-16-23-9-7-8-10-25(23)30(34)21(3)32(27)4/h7-15,21,30H,16-18H2,1-6H3/t21?,30-/m1/s1. The Balaban J connectivity index is 1.42. The van der Waals surface area contributed by atoms with Crippen molar-refractivity contribution in [2.24, 2.45) is 0 Å². The van der Waals surface area contributed by atoms with E-state index in [0.29, 0.717) is 24.5 Å². The third kappa shape index (κ3) is 4.64. The van der Waals surface area contributed by atoms with Gasteiger partial charge in [0.25, 0.3) is 5.91 Å². The predicted molar refractivity (Wildman–Crippen MR) is 155 cm³/mol. The molecule has 2 atom stereocenters. The lowest BCUT2D eigenvalue weighted by Crippen LogP contribution is -2.39. The summed E-state index contributed by atoms with van der Waals surface area (Å²) >= 11 is 1.52. The molecule has 6 nitrogen and oxygen atoms in total. The fourth-order valence-corrected chi connectivity index (χ4v) is 6.10. The number of rotatable bonds is 6. The Hall–Kier alpha value is -3.45. The molecule has 5 rings (SSSR count). The van der Waals surface area contributed by atoms with Crippen LogP contribution in [-0.4, -0.2) is 48.9 Å². The van der Waals surface area contributed by atoms with Crippen LogP contribution in [-0.2, 0) is 17.9 Å². The Labute approximate surface area is 229 Å². The highest BCUT2D eigenvalue weighted by Crippen LogP contribution is 2.44. The number of anilines is 2. The second-order valence-electron chi connectivity index (χ2n) is 10.4. The van der Waals surface area contributed by atoms with Crippen LogP contribution in [0.1, 0.15) is 51.1 Å². The predicted octanol–water partition coefficient (Wildman–Crippen LogP) is 5.74. The van der Waals surface area contributed by atoms with Crippen LogP contribution >= 0.6 is 11.8 Å². The van der Waals surface area contributed by atoms with Crippen LogP contribution in [0.3, 0.4) is 0 Å². The van der Waals surface area contributed by atoms with Crippen LogP contribution in [0.25, 0.3) is 0 Å². The summed E-state index contributed by atoms with van der Waals surface area (Å²) in [6, 6.07) is 18.6. The second kappa shape index (κ2) is 10.4. The summed E-state index contributed by atoms with van der Waals surface area (Å²) in [6.07, 6.45) is 1.93. The summed E-state index contributed by atoms with van der Waals surface area (Å²) in [5, 5.41) is 0. The van der Waals surface area contributed by atoms with E-state index in [9.17, 15) is 9.59 Å². The van der Waals surface area contributed by atoms with Crippen molar-refractivity contribution >= 4 is 35.0 Å². The summed E-state index contributed by atoms with van der Waals surface area (Å²) < 4.78 is 6.34. The highest BCUT2D eigenvalue weighted by Gasteiger charge is 2.42. The molecule has 2 aliphatic rings. The topological polar surface area (TPSA) is 53.1 Å². The van der Waals surface area contributed by atoms with Gasteiger partial charge in [-0.25, -0.2) is 0 Å². The average molecular weight is 530 g/mol. The number of hydrogen-bond donors (Lipinski definition) is 0. The van der Waals surface area contributed by atoms with Crippen LogP contribution in [0.2, 0.25) is 0 Å². The molecule has 3 aromatic carbocycles. The van der Waals surface area contributed by atoms with E-state index >= 15 is 0 Å². The quantitative estimate of drug-likeness (QED) is 0.407. The maximum Gasteiger partial charge on any atom is 0.256 e. The number of likely N-dealkylation sites (N-methyl/N-ethyl adjacent to an activating group) is 1. The molecule has 38 heavy (non-hydrogen) atoms. The van der Waals surface area contributed by atoms with E-state index in [2.05, 4.69) is 43.1 Å². The minimum atomic E-state index is 0.0114. The summed E-state index contributed by atoms with van der Waals surface area (Å²) in [6.45, 7) is 7.21. The number of aryl methyl sites for hydroxylation is 2. The van der Waals surface area contributed by atoms with Crippen LogP contribution in [0.4, 0.5) is 11.4 Å². The molecule has 0 spiro atoms. The van der Waals surface area contributed by atoms with Crippen molar-refractivity contribution in [3.8, 4) is 5.75 Å². The molecule has 1 unspecified atom stereocenters. The normalized spacial score (nSPS) is 18.0. The number of ether oxygens (including phenoxy) is 1. The number of carbonyl (C=O) groups is 2. The van der Waals surface area contributed by atoms with Gasteiger partial charge in [-0.05, 0) is 73.0 Å². The Morgan fingerprint density at radius 2 is 1.89 bits per heavy atom. The summed E-state index contributed by atoms with van der Waals surface area (Å²) in [5.74, 6) is 1.34. The lowest BCUT2D eigenvalue weighted by atomic mass is 9.99. The van der Waals surface area contributed by atoms with Gasteiger partial charge in [0, 0.05) is 32.4 Å². The maximum absolute atomic E-state index is 13.8. The first kappa shape index (κ1) is 26.2. The van der Waals surface area contributed by atoms with Gasteiger partial charge in [-0.1, -0.05) is 30.3 Å². The number of carbonyl (C=O) groups excluding carboxylic acids is 2. The smallest absolute Gasteiger partial charge is 0.256 e. The highest BCUT2D eigenvalue weighted by atomic mass is 32.2. The minimum Gasteiger partial charge on any atom is -0.489 e. The number of fused-ring (bicyclic) bond motifs is 4. The van der Waals surface area contributed by atoms with Crippen molar-refractivity contribution in [3.05, 3.63) is 88.0 Å². The van der Waals surface area contributed by atoms with Crippen LogP contribution < -0.4 is 14.5 Å². The van der Waals surface area contributed by atoms with Crippen LogP contribution in [0, 0.1) is 13.8 Å². The van der Waals surface area contributed by atoms with E-state index in [1.807, 2.05) is 62.4 Å². The first-order valence-corrected chi connectivity index (χ1v) is 14.3. The molecule has 0 fully saturated rings. The molecule has 0 saturated heterocycles. The van der Waals surface area contributed by atoms with Crippen molar-refractivity contribution in [1.82, 2.24) is 4.90 Å². The lowest BCUT2D eigenvalue weighted by Gasteiger charge is -2.33. The first-order chi connectivity index (χ1) is 18.2. The van der Waals surface area contributed by atoms with E-state index in [1.165, 1.54) is 22.9 Å². The molecule has 198 valence electrons. The van der Waals surface area contributed by atoms with Gasteiger partial charge in [0.05, 0.1) is 29.1 Å². The number of nitrogens with zero attached hydrogens (tertiary/aromatic N) is 3. The summed E-state index contributed by atoms with van der Waals surface area (Å²) in [5.41, 5.74) is 7.92. The fraction of sp³-hybridized carbons (Fsp3) is 0.355. The molecule has 2 aliphatic heterocycles.